The third-order valence-corrected chi connectivity index (χ3v) is 3.48. The lowest BCUT2D eigenvalue weighted by atomic mass is 9.63. The zero-order valence-electron chi connectivity index (χ0n) is 7.03. The number of ketones is 1. The minimum absolute atomic E-state index is 0.140. The maximum Gasteiger partial charge on any atom is 0.147 e. The van der Waals surface area contributed by atoms with Gasteiger partial charge in [-0.1, -0.05) is 12.0 Å². The SMILES string of the molecule is C[C@@]12CCC1C[C@H](N=[N+]=[N-])C2=O. The number of hydrogen-bond donors (Lipinski definition) is 0. The van der Waals surface area contributed by atoms with Crippen molar-refractivity contribution in [1.29, 1.82) is 0 Å². The normalized spacial score (nSPS) is 44.6. The van der Waals surface area contributed by atoms with Gasteiger partial charge in [0.25, 0.3) is 0 Å². The van der Waals surface area contributed by atoms with E-state index in [4.69, 9.17) is 5.53 Å². The van der Waals surface area contributed by atoms with Crippen molar-refractivity contribution in [2.24, 2.45) is 16.4 Å². The third kappa shape index (κ3) is 0.730. The van der Waals surface area contributed by atoms with E-state index in [1.54, 1.807) is 0 Å². The fraction of sp³-hybridized carbons (Fsp3) is 0.875. The average Bonchev–Trinajstić information content (AvgIpc) is 2.19. The topological polar surface area (TPSA) is 65.8 Å². The van der Waals surface area contributed by atoms with Crippen LogP contribution in [-0.4, -0.2) is 11.8 Å². The zero-order chi connectivity index (χ0) is 8.77. The molecule has 1 unspecified atom stereocenters. The predicted octanol–water partition coefficient (Wildman–Crippen LogP) is 2.05. The number of azide groups is 1. The number of fused-ring (bicyclic) bond motifs is 1. The summed E-state index contributed by atoms with van der Waals surface area (Å²) >= 11 is 0. The van der Waals surface area contributed by atoms with E-state index >= 15 is 0 Å². The molecule has 0 saturated heterocycles. The first-order valence-electron chi connectivity index (χ1n) is 4.27. The van der Waals surface area contributed by atoms with E-state index in [2.05, 4.69) is 10.0 Å². The summed E-state index contributed by atoms with van der Waals surface area (Å²) < 4.78 is 0. The third-order valence-electron chi connectivity index (χ3n) is 3.48. The van der Waals surface area contributed by atoms with Gasteiger partial charge >= 0.3 is 0 Å². The Morgan fingerprint density at radius 2 is 2.50 bits per heavy atom. The van der Waals surface area contributed by atoms with Crippen molar-refractivity contribution in [2.75, 3.05) is 0 Å². The lowest BCUT2D eigenvalue weighted by molar-refractivity contribution is -0.131. The summed E-state index contributed by atoms with van der Waals surface area (Å²) in [6.45, 7) is 2.00. The molecular formula is C8H11N3O. The molecule has 0 aliphatic heterocycles. The number of Topliss-reactive ketones (excluding diaryl/α,β-unsaturated/α-hetero) is 1. The van der Waals surface area contributed by atoms with E-state index < -0.39 is 0 Å². The lowest BCUT2D eigenvalue weighted by Gasteiger charge is -2.40. The van der Waals surface area contributed by atoms with E-state index in [1.807, 2.05) is 6.92 Å². The molecule has 0 spiro atoms. The Morgan fingerprint density at radius 3 is 2.83 bits per heavy atom. The molecule has 0 amide bonds. The minimum atomic E-state index is -0.368. The molecule has 0 bridgehead atoms. The second kappa shape index (κ2) is 2.23. The van der Waals surface area contributed by atoms with Crippen LogP contribution in [0.25, 0.3) is 10.4 Å². The van der Waals surface area contributed by atoms with Crippen molar-refractivity contribution < 1.29 is 4.79 Å². The van der Waals surface area contributed by atoms with E-state index in [1.165, 1.54) is 0 Å². The van der Waals surface area contributed by atoms with Gasteiger partial charge in [0.2, 0.25) is 0 Å². The van der Waals surface area contributed by atoms with Gasteiger partial charge in [0.1, 0.15) is 5.78 Å². The van der Waals surface area contributed by atoms with Crippen LogP contribution < -0.4 is 0 Å². The van der Waals surface area contributed by atoms with Crippen LogP contribution in [0.1, 0.15) is 26.2 Å². The van der Waals surface area contributed by atoms with Crippen molar-refractivity contribution >= 4 is 5.78 Å². The molecular weight excluding hydrogens is 154 g/mol. The summed E-state index contributed by atoms with van der Waals surface area (Å²) in [4.78, 5) is 14.3. The highest BCUT2D eigenvalue weighted by Crippen LogP contribution is 2.55. The van der Waals surface area contributed by atoms with Gasteiger partial charge in [-0.3, -0.25) is 4.79 Å². The summed E-state index contributed by atoms with van der Waals surface area (Å²) in [5, 5.41) is 3.52. The Morgan fingerprint density at radius 1 is 1.75 bits per heavy atom. The fourth-order valence-electron chi connectivity index (χ4n) is 2.40. The number of rotatable bonds is 1. The van der Waals surface area contributed by atoms with Gasteiger partial charge < -0.3 is 0 Å². The Labute approximate surface area is 70.6 Å². The largest absolute Gasteiger partial charge is 0.299 e. The molecule has 0 aromatic heterocycles. The molecule has 0 heterocycles. The number of carbonyl (C=O) groups is 1. The van der Waals surface area contributed by atoms with E-state index in [0.717, 1.165) is 19.3 Å². The van der Waals surface area contributed by atoms with Crippen molar-refractivity contribution in [2.45, 2.75) is 32.2 Å². The van der Waals surface area contributed by atoms with Crippen LogP contribution >= 0.6 is 0 Å². The summed E-state index contributed by atoms with van der Waals surface area (Å²) in [5.74, 6) is 0.650. The molecule has 4 nitrogen and oxygen atoms in total. The number of hydrogen-bond acceptors (Lipinski definition) is 2. The molecule has 64 valence electrons. The predicted molar refractivity (Wildman–Crippen MR) is 43.4 cm³/mol. The van der Waals surface area contributed by atoms with Crippen LogP contribution in [0.15, 0.2) is 5.11 Å². The van der Waals surface area contributed by atoms with Gasteiger partial charge in [0, 0.05) is 10.3 Å². The Balaban J connectivity index is 2.25. The van der Waals surface area contributed by atoms with Crippen LogP contribution in [0.2, 0.25) is 0 Å². The lowest BCUT2D eigenvalue weighted by Crippen LogP contribution is -2.38. The van der Waals surface area contributed by atoms with E-state index in [0.29, 0.717) is 5.92 Å². The van der Waals surface area contributed by atoms with Gasteiger partial charge in [0.15, 0.2) is 0 Å². The minimum Gasteiger partial charge on any atom is -0.299 e. The summed E-state index contributed by atoms with van der Waals surface area (Å²) in [7, 11) is 0. The highest BCUT2D eigenvalue weighted by atomic mass is 16.1. The smallest absolute Gasteiger partial charge is 0.147 e. The Bertz CT molecular complexity index is 282. The van der Waals surface area contributed by atoms with Gasteiger partial charge in [-0.15, -0.1) is 0 Å². The average molecular weight is 165 g/mol. The first kappa shape index (κ1) is 7.62. The van der Waals surface area contributed by atoms with Crippen LogP contribution in [0.3, 0.4) is 0 Å². The molecule has 0 radical (unpaired) electrons. The fourth-order valence-corrected chi connectivity index (χ4v) is 2.40. The van der Waals surface area contributed by atoms with Crippen molar-refractivity contribution in [3.63, 3.8) is 0 Å². The number of carbonyl (C=O) groups excluding carboxylic acids is 1. The highest BCUT2D eigenvalue weighted by Gasteiger charge is 2.56. The molecule has 0 aromatic rings. The second-order valence-corrected chi connectivity index (χ2v) is 3.97. The first-order valence-corrected chi connectivity index (χ1v) is 4.27. The zero-order valence-corrected chi connectivity index (χ0v) is 7.03. The molecule has 3 atom stereocenters. The van der Waals surface area contributed by atoms with E-state index in [9.17, 15) is 4.79 Å². The molecule has 2 rings (SSSR count). The molecule has 2 fully saturated rings. The molecule has 0 aromatic carbocycles. The first-order chi connectivity index (χ1) is 5.68. The Hall–Kier alpha value is -1.02. The van der Waals surface area contributed by atoms with Gasteiger partial charge in [0.05, 0.1) is 6.04 Å². The molecule has 2 aliphatic rings. The summed E-state index contributed by atoms with van der Waals surface area (Å²) in [6, 6.07) is -0.368. The number of nitrogens with zero attached hydrogens (tertiary/aromatic N) is 3. The van der Waals surface area contributed by atoms with Crippen molar-refractivity contribution in [1.82, 2.24) is 0 Å². The van der Waals surface area contributed by atoms with Crippen molar-refractivity contribution in [3.05, 3.63) is 10.4 Å². The second-order valence-electron chi connectivity index (χ2n) is 3.97. The molecule has 0 N–H and O–H groups in total. The maximum atomic E-state index is 11.6. The summed E-state index contributed by atoms with van der Waals surface area (Å²) in [5.41, 5.74) is 8.09. The van der Waals surface area contributed by atoms with E-state index in [-0.39, 0.29) is 17.2 Å². The Kier molecular flexibility index (Phi) is 1.42. The van der Waals surface area contributed by atoms with Crippen LogP contribution in [0.4, 0.5) is 0 Å². The van der Waals surface area contributed by atoms with Crippen LogP contribution in [-0.2, 0) is 4.79 Å². The maximum absolute atomic E-state index is 11.6. The monoisotopic (exact) mass is 165 g/mol. The summed E-state index contributed by atoms with van der Waals surface area (Å²) in [6.07, 6.45) is 2.88. The van der Waals surface area contributed by atoms with Crippen molar-refractivity contribution in [3.8, 4) is 0 Å². The van der Waals surface area contributed by atoms with Gasteiger partial charge in [-0.2, -0.15) is 0 Å². The molecule has 12 heavy (non-hydrogen) atoms. The molecule has 2 saturated carbocycles. The standard InChI is InChI=1S/C8H11N3O/c1-8-3-2-5(8)4-6(7(8)12)10-11-9/h5-6H,2-4H2,1H3/t5?,6-,8+/m0/s1. The van der Waals surface area contributed by atoms with Crippen LogP contribution in [0.5, 0.6) is 0 Å². The van der Waals surface area contributed by atoms with Crippen LogP contribution in [0, 0.1) is 11.3 Å². The van der Waals surface area contributed by atoms with Gasteiger partial charge in [-0.25, -0.2) is 0 Å². The molecule has 4 heteroatoms. The van der Waals surface area contributed by atoms with Gasteiger partial charge in [-0.05, 0) is 30.7 Å². The highest BCUT2D eigenvalue weighted by molar-refractivity contribution is 5.93. The molecule has 2 aliphatic carbocycles. The quantitative estimate of drug-likeness (QED) is 0.333.